The smallest absolute Gasteiger partial charge is 0.225 e. The van der Waals surface area contributed by atoms with Crippen molar-refractivity contribution in [2.45, 2.75) is 33.1 Å². The minimum atomic E-state index is 0.649. The van der Waals surface area contributed by atoms with E-state index in [0.29, 0.717) is 6.54 Å². The molecule has 1 rings (SSSR count). The molecule has 0 spiro atoms. The third-order valence-corrected chi connectivity index (χ3v) is 2.57. The number of nitrogens with two attached hydrogens (primary N) is 1. The Bertz CT molecular complexity index is 284. The summed E-state index contributed by atoms with van der Waals surface area (Å²) >= 11 is 0. The molecule has 1 aromatic heterocycles. The Hall–Kier alpha value is -1.16. The van der Waals surface area contributed by atoms with Gasteiger partial charge in [-0.2, -0.15) is 0 Å². The van der Waals surface area contributed by atoms with Crippen molar-refractivity contribution < 1.29 is 0 Å². The van der Waals surface area contributed by atoms with Crippen LogP contribution < -0.4 is 10.6 Å². The van der Waals surface area contributed by atoms with Gasteiger partial charge in [0.05, 0.1) is 0 Å². The lowest BCUT2D eigenvalue weighted by Crippen LogP contribution is -2.25. The molecule has 0 radical (unpaired) electrons. The van der Waals surface area contributed by atoms with Gasteiger partial charge in [-0.3, -0.25) is 0 Å². The molecule has 0 amide bonds. The molecule has 0 saturated heterocycles. The minimum Gasteiger partial charge on any atom is -0.341 e. The van der Waals surface area contributed by atoms with Crippen LogP contribution in [-0.2, 0) is 6.42 Å². The highest BCUT2D eigenvalue weighted by molar-refractivity contribution is 5.29. The van der Waals surface area contributed by atoms with Crippen molar-refractivity contribution in [3.63, 3.8) is 0 Å². The molecule has 0 aliphatic rings. The first kappa shape index (κ1) is 12.9. The van der Waals surface area contributed by atoms with Crippen molar-refractivity contribution in [1.29, 1.82) is 0 Å². The number of hydrogen-bond donors (Lipinski definition) is 1. The van der Waals surface area contributed by atoms with Crippen molar-refractivity contribution in [2.24, 2.45) is 5.73 Å². The fraction of sp³-hybridized carbons (Fsp3) is 0.667. The highest BCUT2D eigenvalue weighted by Gasteiger charge is 2.06. The van der Waals surface area contributed by atoms with Gasteiger partial charge in [-0.05, 0) is 31.9 Å². The number of anilines is 1. The van der Waals surface area contributed by atoms with Crippen LogP contribution in [0.15, 0.2) is 12.4 Å². The Morgan fingerprint density at radius 2 is 1.94 bits per heavy atom. The predicted molar refractivity (Wildman–Crippen MR) is 67.6 cm³/mol. The van der Waals surface area contributed by atoms with Crippen LogP contribution in [0.1, 0.15) is 32.3 Å². The van der Waals surface area contributed by atoms with E-state index in [0.717, 1.165) is 31.0 Å². The average molecular weight is 222 g/mol. The molecule has 0 aliphatic carbocycles. The van der Waals surface area contributed by atoms with E-state index >= 15 is 0 Å². The van der Waals surface area contributed by atoms with Gasteiger partial charge in [0.1, 0.15) is 0 Å². The second kappa shape index (κ2) is 7.17. The van der Waals surface area contributed by atoms with Crippen LogP contribution in [0.3, 0.4) is 0 Å². The molecule has 0 aliphatic heterocycles. The maximum Gasteiger partial charge on any atom is 0.225 e. The first-order valence-corrected chi connectivity index (χ1v) is 6.07. The zero-order chi connectivity index (χ0) is 11.8. The van der Waals surface area contributed by atoms with E-state index in [2.05, 4.69) is 28.7 Å². The molecule has 0 unspecified atom stereocenters. The minimum absolute atomic E-state index is 0.649. The van der Waals surface area contributed by atoms with E-state index in [1.54, 1.807) is 0 Å². The zero-order valence-corrected chi connectivity index (χ0v) is 10.3. The molecule has 16 heavy (non-hydrogen) atoms. The molecule has 0 fully saturated rings. The molecule has 0 saturated carbocycles. The van der Waals surface area contributed by atoms with Crippen molar-refractivity contribution in [3.8, 4) is 0 Å². The van der Waals surface area contributed by atoms with E-state index in [4.69, 9.17) is 5.73 Å². The molecule has 1 heterocycles. The topological polar surface area (TPSA) is 55.0 Å². The number of rotatable bonds is 7. The standard InChI is InChI=1S/C12H22N4/c1-3-5-8-16(4-2)12-14-9-11(6-7-13)10-15-12/h9-10H,3-8,13H2,1-2H3. The number of hydrogen-bond acceptors (Lipinski definition) is 4. The molecular weight excluding hydrogens is 200 g/mol. The van der Waals surface area contributed by atoms with Crippen LogP contribution >= 0.6 is 0 Å². The summed E-state index contributed by atoms with van der Waals surface area (Å²) in [6.45, 7) is 6.96. The highest BCUT2D eigenvalue weighted by atomic mass is 15.2. The van der Waals surface area contributed by atoms with Crippen molar-refractivity contribution in [1.82, 2.24) is 9.97 Å². The van der Waals surface area contributed by atoms with Gasteiger partial charge in [-0.15, -0.1) is 0 Å². The van der Waals surface area contributed by atoms with Crippen molar-refractivity contribution in [3.05, 3.63) is 18.0 Å². The Balaban J connectivity index is 2.62. The third-order valence-electron chi connectivity index (χ3n) is 2.57. The lowest BCUT2D eigenvalue weighted by molar-refractivity contribution is 0.712. The molecule has 90 valence electrons. The van der Waals surface area contributed by atoms with Crippen LogP contribution in [0.5, 0.6) is 0 Å². The van der Waals surface area contributed by atoms with Crippen LogP contribution in [-0.4, -0.2) is 29.6 Å². The summed E-state index contributed by atoms with van der Waals surface area (Å²) in [6.07, 6.45) is 6.98. The van der Waals surface area contributed by atoms with Crippen LogP contribution in [0.4, 0.5) is 5.95 Å². The van der Waals surface area contributed by atoms with E-state index in [1.807, 2.05) is 12.4 Å². The SMILES string of the molecule is CCCCN(CC)c1ncc(CCN)cn1. The lowest BCUT2D eigenvalue weighted by atomic mass is 10.2. The van der Waals surface area contributed by atoms with Crippen LogP contribution in [0.2, 0.25) is 0 Å². The monoisotopic (exact) mass is 222 g/mol. The van der Waals surface area contributed by atoms with Gasteiger partial charge < -0.3 is 10.6 Å². The van der Waals surface area contributed by atoms with Gasteiger partial charge in [0, 0.05) is 25.5 Å². The summed E-state index contributed by atoms with van der Waals surface area (Å²) < 4.78 is 0. The largest absolute Gasteiger partial charge is 0.341 e. The summed E-state index contributed by atoms with van der Waals surface area (Å²) in [5, 5.41) is 0. The van der Waals surface area contributed by atoms with Gasteiger partial charge in [0.25, 0.3) is 0 Å². The first-order chi connectivity index (χ1) is 7.81. The molecule has 4 nitrogen and oxygen atoms in total. The molecule has 0 bridgehead atoms. The van der Waals surface area contributed by atoms with Gasteiger partial charge in [-0.1, -0.05) is 13.3 Å². The predicted octanol–water partition coefficient (Wildman–Crippen LogP) is 1.60. The lowest BCUT2D eigenvalue weighted by Gasteiger charge is -2.20. The van der Waals surface area contributed by atoms with Crippen molar-refractivity contribution in [2.75, 3.05) is 24.5 Å². The normalized spacial score (nSPS) is 10.4. The maximum absolute atomic E-state index is 5.48. The Labute approximate surface area is 97.9 Å². The van der Waals surface area contributed by atoms with Gasteiger partial charge in [-0.25, -0.2) is 9.97 Å². The molecule has 1 aromatic rings. The highest BCUT2D eigenvalue weighted by Crippen LogP contribution is 2.08. The second-order valence-electron chi connectivity index (χ2n) is 3.86. The summed E-state index contributed by atoms with van der Waals surface area (Å²) in [4.78, 5) is 11.0. The van der Waals surface area contributed by atoms with E-state index in [9.17, 15) is 0 Å². The summed E-state index contributed by atoms with van der Waals surface area (Å²) in [7, 11) is 0. The summed E-state index contributed by atoms with van der Waals surface area (Å²) in [5.74, 6) is 0.830. The molecule has 0 aromatic carbocycles. The molecular formula is C12H22N4. The molecule has 4 heteroatoms. The van der Waals surface area contributed by atoms with E-state index in [-0.39, 0.29) is 0 Å². The van der Waals surface area contributed by atoms with E-state index < -0.39 is 0 Å². The second-order valence-corrected chi connectivity index (χ2v) is 3.86. The first-order valence-electron chi connectivity index (χ1n) is 6.07. The van der Waals surface area contributed by atoms with Crippen LogP contribution in [0.25, 0.3) is 0 Å². The fourth-order valence-electron chi connectivity index (χ4n) is 1.56. The van der Waals surface area contributed by atoms with Crippen molar-refractivity contribution >= 4 is 5.95 Å². The quantitative estimate of drug-likeness (QED) is 0.761. The fourth-order valence-corrected chi connectivity index (χ4v) is 1.56. The van der Waals surface area contributed by atoms with Gasteiger partial charge in [0.15, 0.2) is 0 Å². The maximum atomic E-state index is 5.48. The number of aromatic nitrogens is 2. The molecule has 0 atom stereocenters. The van der Waals surface area contributed by atoms with E-state index in [1.165, 1.54) is 12.8 Å². The van der Waals surface area contributed by atoms with Gasteiger partial charge in [0.2, 0.25) is 5.95 Å². The Morgan fingerprint density at radius 1 is 1.25 bits per heavy atom. The van der Waals surface area contributed by atoms with Crippen LogP contribution in [0, 0.1) is 0 Å². The summed E-state index contributed by atoms with van der Waals surface area (Å²) in [6, 6.07) is 0. The number of nitrogens with zero attached hydrogens (tertiary/aromatic N) is 3. The average Bonchev–Trinajstić information content (AvgIpc) is 2.32. The molecule has 2 N–H and O–H groups in total. The van der Waals surface area contributed by atoms with Gasteiger partial charge >= 0.3 is 0 Å². The third kappa shape index (κ3) is 3.77. The Morgan fingerprint density at radius 3 is 2.44 bits per heavy atom. The number of unbranched alkanes of at least 4 members (excludes halogenated alkanes) is 1. The zero-order valence-electron chi connectivity index (χ0n) is 10.3. The Kier molecular flexibility index (Phi) is 5.78. The summed E-state index contributed by atoms with van der Waals surface area (Å²) in [5.41, 5.74) is 6.59.